The van der Waals surface area contributed by atoms with Crippen LogP contribution in [0.25, 0.3) is 0 Å². The van der Waals surface area contributed by atoms with Gasteiger partial charge in [-0.3, -0.25) is 4.79 Å². The van der Waals surface area contributed by atoms with Gasteiger partial charge in [0.05, 0.1) is 6.61 Å². The van der Waals surface area contributed by atoms with Crippen LogP contribution in [0, 0.1) is 0 Å². The quantitative estimate of drug-likeness (QED) is 0.779. The molecule has 0 aliphatic carbocycles. The lowest BCUT2D eigenvalue weighted by atomic mass is 10.3. The third kappa shape index (κ3) is 4.66. The summed E-state index contributed by atoms with van der Waals surface area (Å²) in [6.07, 6.45) is 1.27. The molecule has 0 heterocycles. The van der Waals surface area contributed by atoms with E-state index in [1.54, 1.807) is 19.0 Å². The summed E-state index contributed by atoms with van der Waals surface area (Å²) in [6.45, 7) is 0.566. The van der Waals surface area contributed by atoms with Crippen LogP contribution in [0.2, 0.25) is 0 Å². The van der Waals surface area contributed by atoms with E-state index in [0.717, 1.165) is 16.6 Å². The number of benzene rings is 1. The fourth-order valence-corrected chi connectivity index (χ4v) is 1.57. The molecule has 1 aromatic carbocycles. The Morgan fingerprint density at radius 1 is 1.44 bits per heavy atom. The van der Waals surface area contributed by atoms with Gasteiger partial charge in [-0.2, -0.15) is 0 Å². The van der Waals surface area contributed by atoms with Gasteiger partial charge in [-0.05, 0) is 24.6 Å². The number of nitrogens with zero attached hydrogens (tertiary/aromatic N) is 1. The summed E-state index contributed by atoms with van der Waals surface area (Å²) in [6, 6.07) is 7.68. The van der Waals surface area contributed by atoms with Gasteiger partial charge in [0.25, 0.3) is 0 Å². The van der Waals surface area contributed by atoms with Gasteiger partial charge in [0.2, 0.25) is 5.91 Å². The molecule has 0 saturated heterocycles. The van der Waals surface area contributed by atoms with Gasteiger partial charge in [0.1, 0.15) is 5.75 Å². The van der Waals surface area contributed by atoms with Crippen molar-refractivity contribution >= 4 is 21.8 Å². The van der Waals surface area contributed by atoms with E-state index in [4.69, 9.17) is 4.74 Å². The third-order valence-electron chi connectivity index (χ3n) is 2.10. The molecule has 0 saturated carbocycles. The molecule has 0 spiro atoms. The molecule has 0 atom stereocenters. The molecule has 1 rings (SSSR count). The van der Waals surface area contributed by atoms with Crippen LogP contribution in [0.1, 0.15) is 12.8 Å². The summed E-state index contributed by atoms with van der Waals surface area (Å²) >= 11 is 3.37. The van der Waals surface area contributed by atoms with Crippen molar-refractivity contribution in [1.29, 1.82) is 0 Å². The first-order chi connectivity index (χ1) is 7.59. The Hall–Kier alpha value is -1.03. The second kappa shape index (κ2) is 6.53. The van der Waals surface area contributed by atoms with Crippen LogP contribution in [-0.4, -0.2) is 31.5 Å². The molecule has 1 amide bonds. The van der Waals surface area contributed by atoms with Crippen molar-refractivity contribution in [1.82, 2.24) is 4.90 Å². The Morgan fingerprint density at radius 3 is 2.81 bits per heavy atom. The average molecular weight is 286 g/mol. The first kappa shape index (κ1) is 13.0. The Labute approximate surface area is 105 Å². The van der Waals surface area contributed by atoms with E-state index in [9.17, 15) is 4.79 Å². The number of ether oxygens (including phenoxy) is 1. The molecule has 0 bridgehead atoms. The topological polar surface area (TPSA) is 29.5 Å². The van der Waals surface area contributed by atoms with Crippen molar-refractivity contribution in [3.8, 4) is 5.75 Å². The smallest absolute Gasteiger partial charge is 0.222 e. The van der Waals surface area contributed by atoms with E-state index >= 15 is 0 Å². The number of amides is 1. The maximum atomic E-state index is 11.3. The summed E-state index contributed by atoms with van der Waals surface area (Å²) in [5.41, 5.74) is 0. The van der Waals surface area contributed by atoms with Gasteiger partial charge in [0, 0.05) is 25.0 Å². The zero-order valence-electron chi connectivity index (χ0n) is 9.57. The maximum Gasteiger partial charge on any atom is 0.222 e. The Kier molecular flexibility index (Phi) is 5.32. The molecule has 0 aliphatic rings. The number of carbonyl (C=O) groups is 1. The first-order valence-corrected chi connectivity index (χ1v) is 5.97. The van der Waals surface area contributed by atoms with Crippen LogP contribution in [0.4, 0.5) is 0 Å². The van der Waals surface area contributed by atoms with Crippen molar-refractivity contribution < 1.29 is 9.53 Å². The number of carbonyl (C=O) groups excluding carboxylic acids is 1. The lowest BCUT2D eigenvalue weighted by Gasteiger charge is -2.10. The molecule has 0 unspecified atom stereocenters. The predicted molar refractivity (Wildman–Crippen MR) is 67.6 cm³/mol. The molecule has 4 heteroatoms. The fourth-order valence-electron chi connectivity index (χ4n) is 1.19. The molecule has 16 heavy (non-hydrogen) atoms. The summed E-state index contributed by atoms with van der Waals surface area (Å²) in [4.78, 5) is 12.9. The predicted octanol–water partition coefficient (Wildman–Crippen LogP) is 2.70. The zero-order chi connectivity index (χ0) is 12.0. The second-order valence-electron chi connectivity index (χ2n) is 3.70. The number of hydrogen-bond donors (Lipinski definition) is 0. The zero-order valence-corrected chi connectivity index (χ0v) is 11.2. The van der Waals surface area contributed by atoms with E-state index in [1.165, 1.54) is 0 Å². The van der Waals surface area contributed by atoms with Gasteiger partial charge >= 0.3 is 0 Å². The number of hydrogen-bond acceptors (Lipinski definition) is 2. The van der Waals surface area contributed by atoms with E-state index < -0.39 is 0 Å². The van der Waals surface area contributed by atoms with Crippen LogP contribution in [0.3, 0.4) is 0 Å². The van der Waals surface area contributed by atoms with Crippen LogP contribution < -0.4 is 4.74 Å². The molecule has 0 N–H and O–H groups in total. The van der Waals surface area contributed by atoms with Crippen LogP contribution in [0.15, 0.2) is 28.7 Å². The normalized spacial score (nSPS) is 9.94. The highest BCUT2D eigenvalue weighted by Gasteiger charge is 2.03. The first-order valence-electron chi connectivity index (χ1n) is 5.18. The molecule has 88 valence electrons. The fraction of sp³-hybridized carbons (Fsp3) is 0.417. The third-order valence-corrected chi connectivity index (χ3v) is 2.59. The lowest BCUT2D eigenvalue weighted by molar-refractivity contribution is -0.128. The minimum Gasteiger partial charge on any atom is -0.494 e. The molecular formula is C12H16BrNO2. The van der Waals surface area contributed by atoms with E-state index in [1.807, 2.05) is 24.3 Å². The molecule has 1 aromatic rings. The highest BCUT2D eigenvalue weighted by Crippen LogP contribution is 2.17. The minimum absolute atomic E-state index is 0.137. The van der Waals surface area contributed by atoms with Crippen molar-refractivity contribution in [3.63, 3.8) is 0 Å². The highest BCUT2D eigenvalue weighted by atomic mass is 79.9. The molecule has 0 fully saturated rings. The summed E-state index contributed by atoms with van der Waals surface area (Å²) in [5.74, 6) is 0.963. The molecule has 0 aromatic heterocycles. The summed E-state index contributed by atoms with van der Waals surface area (Å²) in [5, 5.41) is 0. The molecular weight excluding hydrogens is 270 g/mol. The van der Waals surface area contributed by atoms with Gasteiger partial charge in [-0.15, -0.1) is 0 Å². The van der Waals surface area contributed by atoms with Crippen LogP contribution in [-0.2, 0) is 4.79 Å². The van der Waals surface area contributed by atoms with E-state index in [0.29, 0.717) is 13.0 Å². The molecule has 3 nitrogen and oxygen atoms in total. The van der Waals surface area contributed by atoms with Gasteiger partial charge in [-0.1, -0.05) is 22.0 Å². The largest absolute Gasteiger partial charge is 0.494 e. The standard InChI is InChI=1S/C12H16BrNO2/c1-14(2)12(15)7-4-8-16-11-6-3-5-10(13)9-11/h3,5-6,9H,4,7-8H2,1-2H3. The Morgan fingerprint density at radius 2 is 2.19 bits per heavy atom. The van der Waals surface area contributed by atoms with Crippen LogP contribution >= 0.6 is 15.9 Å². The van der Waals surface area contributed by atoms with Gasteiger partial charge in [-0.25, -0.2) is 0 Å². The second-order valence-corrected chi connectivity index (χ2v) is 4.61. The lowest BCUT2D eigenvalue weighted by Crippen LogP contribution is -2.21. The van der Waals surface area contributed by atoms with Gasteiger partial charge < -0.3 is 9.64 Å². The number of rotatable bonds is 5. The van der Waals surface area contributed by atoms with Crippen LogP contribution in [0.5, 0.6) is 5.75 Å². The Bertz CT molecular complexity index is 353. The Balaban J connectivity index is 2.23. The van der Waals surface area contributed by atoms with Crippen molar-refractivity contribution in [2.75, 3.05) is 20.7 Å². The minimum atomic E-state index is 0.137. The highest BCUT2D eigenvalue weighted by molar-refractivity contribution is 9.10. The van der Waals surface area contributed by atoms with E-state index in [2.05, 4.69) is 15.9 Å². The summed E-state index contributed by atoms with van der Waals surface area (Å²) < 4.78 is 6.51. The van der Waals surface area contributed by atoms with Crippen molar-refractivity contribution in [3.05, 3.63) is 28.7 Å². The monoisotopic (exact) mass is 285 g/mol. The summed E-state index contributed by atoms with van der Waals surface area (Å²) in [7, 11) is 3.52. The SMILES string of the molecule is CN(C)C(=O)CCCOc1cccc(Br)c1. The molecule has 0 radical (unpaired) electrons. The van der Waals surface area contributed by atoms with Gasteiger partial charge in [0.15, 0.2) is 0 Å². The van der Waals surface area contributed by atoms with Crippen molar-refractivity contribution in [2.45, 2.75) is 12.8 Å². The maximum absolute atomic E-state index is 11.3. The van der Waals surface area contributed by atoms with E-state index in [-0.39, 0.29) is 5.91 Å². The molecule has 0 aliphatic heterocycles. The number of halogens is 1. The average Bonchev–Trinajstić information content (AvgIpc) is 2.24. The van der Waals surface area contributed by atoms with Crippen molar-refractivity contribution in [2.24, 2.45) is 0 Å².